The molecule has 21 heavy (non-hydrogen) atoms. The van der Waals surface area contributed by atoms with E-state index < -0.39 is 5.97 Å². The molecule has 1 aliphatic rings. The highest BCUT2D eigenvalue weighted by atomic mass is 32.2. The fourth-order valence-electron chi connectivity index (χ4n) is 2.42. The third-order valence-electron chi connectivity index (χ3n) is 3.48. The van der Waals surface area contributed by atoms with Crippen molar-refractivity contribution in [3.05, 3.63) is 53.6 Å². The van der Waals surface area contributed by atoms with Crippen molar-refractivity contribution in [3.8, 4) is 5.75 Å². The Morgan fingerprint density at radius 1 is 1.33 bits per heavy atom. The van der Waals surface area contributed by atoms with Gasteiger partial charge in [0.05, 0.1) is 24.4 Å². The van der Waals surface area contributed by atoms with Gasteiger partial charge in [0.25, 0.3) is 0 Å². The number of nitrogens with one attached hydrogen (secondary N) is 1. The highest BCUT2D eigenvalue weighted by Crippen LogP contribution is 2.41. The lowest BCUT2D eigenvalue weighted by atomic mass is 10.1. The van der Waals surface area contributed by atoms with Crippen LogP contribution in [0.15, 0.2) is 47.4 Å². The van der Waals surface area contributed by atoms with Gasteiger partial charge in [-0.3, -0.25) is 0 Å². The number of ether oxygens (including phenoxy) is 1. The minimum absolute atomic E-state index is 0.157. The van der Waals surface area contributed by atoms with Crippen molar-refractivity contribution in [2.24, 2.45) is 0 Å². The summed E-state index contributed by atoms with van der Waals surface area (Å²) in [5.74, 6) is 0.621. The van der Waals surface area contributed by atoms with Crippen LogP contribution in [0, 0.1) is 0 Å². The highest BCUT2D eigenvalue weighted by Gasteiger charge is 2.23. The molecule has 0 spiro atoms. The van der Waals surface area contributed by atoms with Crippen molar-refractivity contribution in [2.45, 2.75) is 10.9 Å². The minimum Gasteiger partial charge on any atom is -0.495 e. The first-order valence-electron chi connectivity index (χ1n) is 6.58. The minimum atomic E-state index is -0.943. The first-order chi connectivity index (χ1) is 10.2. The number of methoxy groups -OCH3 is 1. The Bertz CT molecular complexity index is 687. The van der Waals surface area contributed by atoms with E-state index >= 15 is 0 Å². The van der Waals surface area contributed by atoms with Gasteiger partial charge in [-0.2, -0.15) is 0 Å². The lowest BCUT2D eigenvalue weighted by Crippen LogP contribution is -2.11. The Morgan fingerprint density at radius 2 is 2.14 bits per heavy atom. The van der Waals surface area contributed by atoms with Gasteiger partial charge in [0, 0.05) is 10.6 Å². The van der Waals surface area contributed by atoms with Crippen LogP contribution >= 0.6 is 11.8 Å². The zero-order chi connectivity index (χ0) is 14.8. The average Bonchev–Trinajstić information content (AvgIpc) is 2.90. The number of carboxylic acid groups (broad SMARTS) is 1. The van der Waals surface area contributed by atoms with Crippen LogP contribution in [0.25, 0.3) is 0 Å². The quantitative estimate of drug-likeness (QED) is 0.902. The normalized spacial score (nSPS) is 16.3. The van der Waals surface area contributed by atoms with Gasteiger partial charge in [-0.15, -0.1) is 11.8 Å². The predicted molar refractivity (Wildman–Crippen MR) is 83.5 cm³/mol. The molecule has 4 nitrogen and oxygen atoms in total. The molecule has 0 saturated carbocycles. The Morgan fingerprint density at radius 3 is 2.90 bits per heavy atom. The maximum atomic E-state index is 11.1. The van der Waals surface area contributed by atoms with Crippen molar-refractivity contribution >= 4 is 23.4 Å². The van der Waals surface area contributed by atoms with E-state index in [-0.39, 0.29) is 11.6 Å². The summed E-state index contributed by atoms with van der Waals surface area (Å²) in [4.78, 5) is 12.4. The second-order valence-electron chi connectivity index (χ2n) is 4.77. The van der Waals surface area contributed by atoms with Crippen LogP contribution in [0.1, 0.15) is 22.0 Å². The SMILES string of the molecule is COc1ccc(C(=O)O)cc1NC1CSc2ccccc21. The predicted octanol–water partition coefficient (Wildman–Crippen LogP) is 3.65. The summed E-state index contributed by atoms with van der Waals surface area (Å²) in [7, 11) is 1.58. The standard InChI is InChI=1S/C16H15NO3S/c1-20-14-7-6-10(16(18)19)8-12(14)17-13-9-21-15-5-3-2-4-11(13)15/h2-8,13,17H,9H2,1H3,(H,18,19). The first kappa shape index (κ1) is 13.8. The molecule has 3 rings (SSSR count). The largest absolute Gasteiger partial charge is 0.495 e. The molecule has 0 aliphatic carbocycles. The molecule has 5 heteroatoms. The number of carbonyl (C=O) groups is 1. The number of carboxylic acids is 1. The molecule has 0 radical (unpaired) electrons. The molecular weight excluding hydrogens is 286 g/mol. The summed E-state index contributed by atoms with van der Waals surface area (Å²) in [5, 5.41) is 12.5. The van der Waals surface area contributed by atoms with Crippen LogP contribution in [0.4, 0.5) is 5.69 Å². The number of fused-ring (bicyclic) bond motifs is 1. The molecule has 2 N–H and O–H groups in total. The van der Waals surface area contributed by atoms with Gasteiger partial charge >= 0.3 is 5.97 Å². The molecule has 1 unspecified atom stereocenters. The fraction of sp³-hybridized carbons (Fsp3) is 0.188. The van der Waals surface area contributed by atoms with Gasteiger partial charge in [0.2, 0.25) is 0 Å². The van der Waals surface area contributed by atoms with E-state index in [2.05, 4.69) is 17.4 Å². The zero-order valence-corrected chi connectivity index (χ0v) is 12.3. The van der Waals surface area contributed by atoms with Crippen LogP contribution in [0.5, 0.6) is 5.75 Å². The molecule has 0 bridgehead atoms. The van der Waals surface area contributed by atoms with Crippen molar-refractivity contribution in [2.75, 3.05) is 18.2 Å². The maximum absolute atomic E-state index is 11.1. The number of aromatic carboxylic acids is 1. The van der Waals surface area contributed by atoms with Crippen molar-refractivity contribution in [3.63, 3.8) is 0 Å². The molecule has 0 fully saturated rings. The summed E-state index contributed by atoms with van der Waals surface area (Å²) in [5.41, 5.74) is 2.20. The van der Waals surface area contributed by atoms with Gasteiger partial charge in [-0.25, -0.2) is 4.79 Å². The molecule has 1 aliphatic heterocycles. The molecular formula is C16H15NO3S. The molecule has 0 amide bonds. The van der Waals surface area contributed by atoms with Crippen molar-refractivity contribution in [1.82, 2.24) is 0 Å². The summed E-state index contributed by atoms with van der Waals surface area (Å²) in [6, 6.07) is 13.2. The smallest absolute Gasteiger partial charge is 0.335 e. The zero-order valence-electron chi connectivity index (χ0n) is 11.5. The van der Waals surface area contributed by atoms with E-state index in [0.29, 0.717) is 11.4 Å². The van der Waals surface area contributed by atoms with Crippen molar-refractivity contribution in [1.29, 1.82) is 0 Å². The Kier molecular flexibility index (Phi) is 3.75. The molecule has 0 aromatic heterocycles. The summed E-state index contributed by atoms with van der Waals surface area (Å²) < 4.78 is 5.32. The Labute approximate surface area is 127 Å². The van der Waals surface area contributed by atoms with E-state index in [1.807, 2.05) is 12.1 Å². The third kappa shape index (κ3) is 2.69. The van der Waals surface area contributed by atoms with Crippen LogP contribution < -0.4 is 10.1 Å². The number of hydrogen-bond acceptors (Lipinski definition) is 4. The molecule has 2 aromatic rings. The van der Waals surface area contributed by atoms with Crippen molar-refractivity contribution < 1.29 is 14.6 Å². The van der Waals surface area contributed by atoms with Gasteiger partial charge in [-0.05, 0) is 29.8 Å². The van der Waals surface area contributed by atoms with Gasteiger partial charge < -0.3 is 15.2 Å². The number of anilines is 1. The van der Waals surface area contributed by atoms with Gasteiger partial charge in [-0.1, -0.05) is 18.2 Å². The van der Waals surface area contributed by atoms with Gasteiger partial charge in [0.15, 0.2) is 0 Å². The van der Waals surface area contributed by atoms with Crippen LogP contribution in [-0.4, -0.2) is 23.9 Å². The van der Waals surface area contributed by atoms with E-state index in [4.69, 9.17) is 9.84 Å². The number of thioether (sulfide) groups is 1. The van der Waals surface area contributed by atoms with E-state index in [9.17, 15) is 4.79 Å². The van der Waals surface area contributed by atoms with E-state index in [1.165, 1.54) is 10.5 Å². The lowest BCUT2D eigenvalue weighted by Gasteiger charge is -2.17. The second kappa shape index (κ2) is 5.69. The third-order valence-corrected chi connectivity index (χ3v) is 4.66. The van der Waals surface area contributed by atoms with Crippen LogP contribution in [-0.2, 0) is 0 Å². The van der Waals surface area contributed by atoms with Crippen LogP contribution in [0.3, 0.4) is 0 Å². The summed E-state index contributed by atoms with van der Waals surface area (Å²) in [6.45, 7) is 0. The topological polar surface area (TPSA) is 58.6 Å². The molecule has 0 saturated heterocycles. The second-order valence-corrected chi connectivity index (χ2v) is 5.83. The first-order valence-corrected chi connectivity index (χ1v) is 7.57. The average molecular weight is 301 g/mol. The summed E-state index contributed by atoms with van der Waals surface area (Å²) in [6.07, 6.45) is 0. The number of hydrogen-bond donors (Lipinski definition) is 2. The maximum Gasteiger partial charge on any atom is 0.335 e. The summed E-state index contributed by atoms with van der Waals surface area (Å²) >= 11 is 1.80. The molecule has 1 heterocycles. The van der Waals surface area contributed by atoms with E-state index in [1.54, 1.807) is 37.1 Å². The van der Waals surface area contributed by atoms with E-state index in [0.717, 1.165) is 5.75 Å². The fourth-order valence-corrected chi connectivity index (χ4v) is 3.58. The monoisotopic (exact) mass is 301 g/mol. The highest BCUT2D eigenvalue weighted by molar-refractivity contribution is 7.99. The molecule has 2 aromatic carbocycles. The molecule has 1 atom stereocenters. The molecule has 108 valence electrons. The number of rotatable bonds is 4. The Hall–Kier alpha value is -2.14. The van der Waals surface area contributed by atoms with Crippen LogP contribution in [0.2, 0.25) is 0 Å². The lowest BCUT2D eigenvalue weighted by molar-refractivity contribution is 0.0697. The Balaban J connectivity index is 1.91. The number of benzene rings is 2. The van der Waals surface area contributed by atoms with Gasteiger partial charge in [0.1, 0.15) is 5.75 Å².